The van der Waals surface area contributed by atoms with Gasteiger partial charge in [-0.1, -0.05) is 12.1 Å². The Morgan fingerprint density at radius 3 is 2.21 bits per heavy atom. The monoisotopic (exact) mass is 456 g/mol. The summed E-state index contributed by atoms with van der Waals surface area (Å²) >= 11 is 0. The molecule has 9 heteroatoms. The van der Waals surface area contributed by atoms with Gasteiger partial charge in [-0.05, 0) is 36.9 Å². The highest BCUT2D eigenvalue weighted by atomic mass is 16.5. The maximum Gasteiger partial charge on any atom is 0.251 e. The Balaban J connectivity index is 1.55. The van der Waals surface area contributed by atoms with Crippen LogP contribution in [0, 0.1) is 0 Å². The van der Waals surface area contributed by atoms with Crippen molar-refractivity contribution in [1.82, 2.24) is 15.1 Å². The van der Waals surface area contributed by atoms with Gasteiger partial charge in [0.05, 0.1) is 27.9 Å². The molecule has 2 amide bonds. The highest BCUT2D eigenvalue weighted by molar-refractivity contribution is 6.00. The number of piperazine rings is 1. The summed E-state index contributed by atoms with van der Waals surface area (Å²) < 4.78 is 15.8. The predicted octanol–water partition coefficient (Wildman–Crippen LogP) is 1.83. The number of amides is 2. The maximum atomic E-state index is 12.6. The number of hydrogen-bond acceptors (Lipinski definition) is 7. The van der Waals surface area contributed by atoms with Crippen LogP contribution in [0.25, 0.3) is 0 Å². The van der Waals surface area contributed by atoms with E-state index in [1.54, 1.807) is 0 Å². The molecule has 2 aromatic rings. The molecular formula is C24H32N4O5. The van der Waals surface area contributed by atoms with E-state index in [2.05, 4.69) is 33.5 Å². The molecule has 2 aromatic carbocycles. The van der Waals surface area contributed by atoms with E-state index in [9.17, 15) is 9.59 Å². The molecule has 0 radical (unpaired) electrons. The molecule has 0 aromatic heterocycles. The maximum absolute atomic E-state index is 12.6. The molecule has 0 bridgehead atoms. The second-order valence-electron chi connectivity index (χ2n) is 7.92. The minimum atomic E-state index is -0.423. The third kappa shape index (κ3) is 6.59. The molecular weight excluding hydrogens is 424 g/mol. The molecule has 0 aliphatic carbocycles. The van der Waals surface area contributed by atoms with E-state index in [0.717, 1.165) is 38.3 Å². The van der Waals surface area contributed by atoms with Gasteiger partial charge in [-0.25, -0.2) is 0 Å². The van der Waals surface area contributed by atoms with Crippen LogP contribution in [0.15, 0.2) is 36.4 Å². The summed E-state index contributed by atoms with van der Waals surface area (Å²) in [6.45, 7) is 4.85. The lowest BCUT2D eigenvalue weighted by atomic mass is 10.1. The number of benzene rings is 2. The van der Waals surface area contributed by atoms with Crippen LogP contribution in [-0.2, 0) is 11.3 Å². The number of anilines is 1. The quantitative estimate of drug-likeness (QED) is 0.595. The van der Waals surface area contributed by atoms with Crippen molar-refractivity contribution in [2.45, 2.75) is 6.54 Å². The van der Waals surface area contributed by atoms with Gasteiger partial charge in [-0.2, -0.15) is 0 Å². The first-order valence-corrected chi connectivity index (χ1v) is 10.8. The number of rotatable bonds is 9. The van der Waals surface area contributed by atoms with E-state index in [-0.39, 0.29) is 12.5 Å². The Kier molecular flexibility index (Phi) is 8.51. The first kappa shape index (κ1) is 24.3. The van der Waals surface area contributed by atoms with Gasteiger partial charge in [0.1, 0.15) is 0 Å². The fraction of sp³-hybridized carbons (Fsp3) is 0.417. The van der Waals surface area contributed by atoms with Crippen molar-refractivity contribution < 1.29 is 23.8 Å². The number of carbonyl (C=O) groups excluding carboxylic acids is 2. The first-order valence-electron chi connectivity index (χ1n) is 10.8. The predicted molar refractivity (Wildman–Crippen MR) is 126 cm³/mol. The van der Waals surface area contributed by atoms with Crippen LogP contribution in [0.3, 0.4) is 0 Å². The highest BCUT2D eigenvalue weighted by Gasteiger charge is 2.18. The van der Waals surface area contributed by atoms with Crippen LogP contribution in [-0.4, -0.2) is 82.7 Å². The molecule has 178 valence electrons. The molecule has 9 nitrogen and oxygen atoms in total. The van der Waals surface area contributed by atoms with Crippen molar-refractivity contribution in [2.75, 3.05) is 66.4 Å². The van der Waals surface area contributed by atoms with Gasteiger partial charge in [-0.15, -0.1) is 0 Å². The minimum Gasteiger partial charge on any atom is -0.493 e. The fourth-order valence-corrected chi connectivity index (χ4v) is 3.69. The molecule has 1 heterocycles. The second kappa shape index (κ2) is 11.5. The van der Waals surface area contributed by atoms with Gasteiger partial charge in [0.25, 0.3) is 5.91 Å². The average molecular weight is 457 g/mol. The summed E-state index contributed by atoms with van der Waals surface area (Å²) in [5.41, 5.74) is 2.14. The number of nitrogens with zero attached hydrogens (tertiary/aromatic N) is 2. The highest BCUT2D eigenvalue weighted by Crippen LogP contribution is 2.38. The molecule has 1 aliphatic rings. The first-order chi connectivity index (χ1) is 15.9. The van der Waals surface area contributed by atoms with Crippen LogP contribution in [0.4, 0.5) is 5.69 Å². The van der Waals surface area contributed by atoms with Crippen molar-refractivity contribution in [2.24, 2.45) is 0 Å². The summed E-state index contributed by atoms with van der Waals surface area (Å²) in [6.07, 6.45) is 0. The zero-order valence-electron chi connectivity index (χ0n) is 19.6. The van der Waals surface area contributed by atoms with Crippen molar-refractivity contribution in [3.63, 3.8) is 0 Å². The molecule has 1 aliphatic heterocycles. The fourth-order valence-electron chi connectivity index (χ4n) is 3.69. The largest absolute Gasteiger partial charge is 0.493 e. The minimum absolute atomic E-state index is 0.168. The zero-order chi connectivity index (χ0) is 23.8. The lowest BCUT2D eigenvalue weighted by Gasteiger charge is -2.32. The number of carbonyl (C=O) groups is 2. The number of methoxy groups -OCH3 is 3. The lowest BCUT2D eigenvalue weighted by Crippen LogP contribution is -2.43. The van der Waals surface area contributed by atoms with Crippen LogP contribution in [0.5, 0.6) is 17.2 Å². The summed E-state index contributed by atoms with van der Waals surface area (Å²) in [5, 5.41) is 5.47. The Labute approximate surface area is 194 Å². The van der Waals surface area contributed by atoms with Gasteiger partial charge >= 0.3 is 0 Å². The van der Waals surface area contributed by atoms with Crippen molar-refractivity contribution in [3.8, 4) is 17.2 Å². The molecule has 0 saturated carbocycles. The SMILES string of the molecule is COc1cc(C(=O)NCC(=O)Nc2cccc(CN3CCN(C)CC3)c2)cc(OC)c1OC. The van der Waals surface area contributed by atoms with Crippen molar-refractivity contribution in [1.29, 1.82) is 0 Å². The molecule has 33 heavy (non-hydrogen) atoms. The van der Waals surface area contributed by atoms with Crippen LogP contribution >= 0.6 is 0 Å². The smallest absolute Gasteiger partial charge is 0.251 e. The van der Waals surface area contributed by atoms with E-state index in [1.807, 2.05) is 18.2 Å². The summed E-state index contributed by atoms with van der Waals surface area (Å²) in [7, 11) is 6.58. The molecule has 3 rings (SSSR count). The van der Waals surface area contributed by atoms with Crippen LogP contribution < -0.4 is 24.8 Å². The van der Waals surface area contributed by atoms with Crippen LogP contribution in [0.1, 0.15) is 15.9 Å². The Bertz CT molecular complexity index is 948. The van der Waals surface area contributed by atoms with Gasteiger partial charge in [0.2, 0.25) is 11.7 Å². The standard InChI is InChI=1S/C24H32N4O5/c1-27-8-10-28(11-9-27)16-17-6-5-7-19(12-17)26-22(29)15-25-24(30)18-13-20(31-2)23(33-4)21(14-18)32-3/h5-7,12-14H,8-11,15-16H2,1-4H3,(H,25,30)(H,26,29). The van der Waals surface area contributed by atoms with E-state index in [0.29, 0.717) is 28.5 Å². The van der Waals surface area contributed by atoms with E-state index >= 15 is 0 Å². The van der Waals surface area contributed by atoms with Gasteiger partial charge in [0, 0.05) is 44.0 Å². The molecule has 0 atom stereocenters. The van der Waals surface area contributed by atoms with Gasteiger partial charge in [0.15, 0.2) is 11.5 Å². The summed E-state index contributed by atoms with van der Waals surface area (Å²) in [6, 6.07) is 10.9. The number of likely N-dealkylation sites (N-methyl/N-ethyl adjacent to an activating group) is 1. The summed E-state index contributed by atoms with van der Waals surface area (Å²) in [4.78, 5) is 29.7. The van der Waals surface area contributed by atoms with Crippen molar-refractivity contribution >= 4 is 17.5 Å². The Hall–Kier alpha value is -3.30. The van der Waals surface area contributed by atoms with E-state index in [4.69, 9.17) is 14.2 Å². The number of nitrogens with one attached hydrogen (secondary N) is 2. The number of ether oxygens (including phenoxy) is 3. The van der Waals surface area contributed by atoms with E-state index in [1.165, 1.54) is 33.5 Å². The normalized spacial score (nSPS) is 14.4. The van der Waals surface area contributed by atoms with Gasteiger partial charge < -0.3 is 29.7 Å². The molecule has 0 unspecified atom stereocenters. The topological polar surface area (TPSA) is 92.4 Å². The second-order valence-corrected chi connectivity index (χ2v) is 7.92. The Morgan fingerprint density at radius 2 is 1.61 bits per heavy atom. The zero-order valence-corrected chi connectivity index (χ0v) is 19.6. The average Bonchev–Trinajstić information content (AvgIpc) is 2.83. The number of hydrogen-bond donors (Lipinski definition) is 2. The van der Waals surface area contributed by atoms with E-state index < -0.39 is 5.91 Å². The summed E-state index contributed by atoms with van der Waals surface area (Å²) in [5.74, 6) is 0.388. The molecule has 2 N–H and O–H groups in total. The van der Waals surface area contributed by atoms with Crippen LogP contribution in [0.2, 0.25) is 0 Å². The third-order valence-corrected chi connectivity index (χ3v) is 5.55. The third-order valence-electron chi connectivity index (χ3n) is 5.55. The van der Waals surface area contributed by atoms with Gasteiger partial charge in [-0.3, -0.25) is 14.5 Å². The van der Waals surface area contributed by atoms with Crippen molar-refractivity contribution in [3.05, 3.63) is 47.5 Å². The molecule has 1 saturated heterocycles. The molecule has 1 fully saturated rings. The Morgan fingerprint density at radius 1 is 0.939 bits per heavy atom. The molecule has 0 spiro atoms. The lowest BCUT2D eigenvalue weighted by molar-refractivity contribution is -0.115.